The third kappa shape index (κ3) is 6.93. The van der Waals surface area contributed by atoms with Crippen LogP contribution in [0.4, 0.5) is 9.18 Å². The zero-order valence-electron chi connectivity index (χ0n) is 18.3. The Bertz CT molecular complexity index is 990. The van der Waals surface area contributed by atoms with E-state index in [0.29, 0.717) is 18.1 Å². The third-order valence-electron chi connectivity index (χ3n) is 4.96. The maximum atomic E-state index is 13.2. The quantitative estimate of drug-likeness (QED) is 0.660. The number of carbonyl (C=O) groups excluding carboxylic acids is 2. The number of rotatable bonds is 6. The van der Waals surface area contributed by atoms with Crippen molar-refractivity contribution < 1.29 is 27.1 Å². The summed E-state index contributed by atoms with van der Waals surface area (Å²) in [6.07, 6.45) is -0.0332. The fraction of sp³-hybridized carbons (Fsp3) is 0.571. The Balaban J connectivity index is 1.62. The van der Waals surface area contributed by atoms with Crippen LogP contribution in [-0.4, -0.2) is 72.0 Å². The lowest BCUT2D eigenvalue weighted by Gasteiger charge is -2.24. The van der Waals surface area contributed by atoms with Gasteiger partial charge in [-0.05, 0) is 44.9 Å². The van der Waals surface area contributed by atoms with Crippen LogP contribution in [0.5, 0.6) is 0 Å². The van der Waals surface area contributed by atoms with Crippen molar-refractivity contribution >= 4 is 38.8 Å². The van der Waals surface area contributed by atoms with Crippen molar-refractivity contribution in [2.75, 3.05) is 24.6 Å². The average Bonchev–Trinajstić information content (AvgIpc) is 3.11. The van der Waals surface area contributed by atoms with Gasteiger partial charge in [0.05, 0.1) is 17.5 Å². The average molecular weight is 486 g/mol. The fourth-order valence-corrected chi connectivity index (χ4v) is 7.54. The van der Waals surface area contributed by atoms with Gasteiger partial charge in [-0.25, -0.2) is 17.6 Å². The minimum atomic E-state index is -3.13. The summed E-state index contributed by atoms with van der Waals surface area (Å²) >= 11 is 1.31. The summed E-state index contributed by atoms with van der Waals surface area (Å²) in [4.78, 5) is 30.2. The molecule has 32 heavy (non-hydrogen) atoms. The van der Waals surface area contributed by atoms with Crippen LogP contribution in [-0.2, 0) is 25.8 Å². The first-order chi connectivity index (χ1) is 14.9. The number of carbonyl (C=O) groups is 2. The van der Waals surface area contributed by atoms with Crippen molar-refractivity contribution in [1.82, 2.24) is 10.2 Å². The van der Waals surface area contributed by atoms with E-state index in [4.69, 9.17) is 4.74 Å². The van der Waals surface area contributed by atoms with Gasteiger partial charge in [-0.3, -0.25) is 4.79 Å². The molecule has 1 aromatic carbocycles. The molecule has 8 nitrogen and oxygen atoms in total. The lowest BCUT2D eigenvalue weighted by atomic mass is 10.1. The first-order valence-electron chi connectivity index (χ1n) is 10.4. The normalized spacial score (nSPS) is 23.2. The molecule has 3 rings (SSSR count). The molecule has 2 unspecified atom stereocenters. The lowest BCUT2D eigenvalue weighted by Crippen LogP contribution is -2.39. The Morgan fingerprint density at radius 3 is 2.59 bits per heavy atom. The van der Waals surface area contributed by atoms with Crippen molar-refractivity contribution in [2.24, 2.45) is 4.99 Å². The molecule has 0 saturated carbocycles. The Morgan fingerprint density at radius 1 is 1.25 bits per heavy atom. The maximum Gasteiger partial charge on any atom is 0.407 e. The van der Waals surface area contributed by atoms with Gasteiger partial charge in [0, 0.05) is 24.8 Å². The van der Waals surface area contributed by atoms with Crippen molar-refractivity contribution in [2.45, 2.75) is 50.5 Å². The van der Waals surface area contributed by atoms with Crippen LogP contribution in [0.15, 0.2) is 29.3 Å². The number of hydrogen-bond donors (Lipinski definition) is 1. The first kappa shape index (κ1) is 24.5. The second-order valence-corrected chi connectivity index (χ2v) is 12.2. The highest BCUT2D eigenvalue weighted by Gasteiger charge is 2.48. The van der Waals surface area contributed by atoms with E-state index in [2.05, 4.69) is 10.3 Å². The number of fused-ring (bicyclic) bond motifs is 1. The number of ether oxygens (including phenoxy) is 1. The Kier molecular flexibility index (Phi) is 7.49. The van der Waals surface area contributed by atoms with Crippen LogP contribution in [0, 0.1) is 5.82 Å². The second-order valence-electron chi connectivity index (χ2n) is 8.84. The Labute approximate surface area is 191 Å². The van der Waals surface area contributed by atoms with Crippen molar-refractivity contribution in [1.29, 1.82) is 0 Å². The minimum Gasteiger partial charge on any atom is -0.444 e. The molecule has 2 amide bonds. The van der Waals surface area contributed by atoms with E-state index in [1.165, 1.54) is 23.9 Å². The smallest absolute Gasteiger partial charge is 0.407 e. The minimum absolute atomic E-state index is 0.00272. The van der Waals surface area contributed by atoms with E-state index in [1.807, 2.05) is 4.90 Å². The highest BCUT2D eigenvalue weighted by atomic mass is 32.2. The van der Waals surface area contributed by atoms with Gasteiger partial charge in [0.15, 0.2) is 15.0 Å². The number of amides is 2. The van der Waals surface area contributed by atoms with Gasteiger partial charge in [-0.1, -0.05) is 23.9 Å². The largest absolute Gasteiger partial charge is 0.444 e. The molecule has 0 aromatic heterocycles. The van der Waals surface area contributed by atoms with Gasteiger partial charge < -0.3 is 15.0 Å². The monoisotopic (exact) mass is 485 g/mol. The highest BCUT2D eigenvalue weighted by Crippen LogP contribution is 2.38. The molecule has 0 spiro atoms. The number of aliphatic imine (C=N–C) groups is 1. The molecular formula is C21H28FN3O5S2. The van der Waals surface area contributed by atoms with Gasteiger partial charge in [-0.2, -0.15) is 4.99 Å². The number of amidine groups is 1. The van der Waals surface area contributed by atoms with E-state index >= 15 is 0 Å². The Morgan fingerprint density at radius 2 is 1.94 bits per heavy atom. The SMILES string of the molecule is CC(C)(C)OC(=O)NCCC(=O)N=C1SC2CS(=O)(=O)CC2N1CCc1ccc(F)cc1. The zero-order valence-corrected chi connectivity index (χ0v) is 20.0. The molecule has 2 saturated heterocycles. The molecule has 2 aliphatic heterocycles. The predicted molar refractivity (Wildman–Crippen MR) is 122 cm³/mol. The molecule has 1 aromatic rings. The number of hydrogen-bond acceptors (Lipinski definition) is 6. The molecule has 0 bridgehead atoms. The Hall–Kier alpha value is -2.14. The predicted octanol–water partition coefficient (Wildman–Crippen LogP) is 2.38. The molecular weight excluding hydrogens is 457 g/mol. The van der Waals surface area contributed by atoms with Crippen molar-refractivity contribution in [3.63, 3.8) is 0 Å². The summed E-state index contributed by atoms with van der Waals surface area (Å²) in [6.45, 7) is 5.81. The molecule has 2 aliphatic rings. The van der Waals surface area contributed by atoms with Gasteiger partial charge in [0.2, 0.25) is 5.91 Å². The van der Waals surface area contributed by atoms with Gasteiger partial charge in [-0.15, -0.1) is 0 Å². The molecule has 2 heterocycles. The lowest BCUT2D eigenvalue weighted by molar-refractivity contribution is -0.117. The van der Waals surface area contributed by atoms with Crippen LogP contribution < -0.4 is 5.32 Å². The molecule has 1 N–H and O–H groups in total. The summed E-state index contributed by atoms with van der Waals surface area (Å²) in [7, 11) is -3.13. The molecule has 0 radical (unpaired) electrons. The summed E-state index contributed by atoms with van der Waals surface area (Å²) < 4.78 is 42.5. The maximum absolute atomic E-state index is 13.2. The van der Waals surface area contributed by atoms with Crippen LogP contribution in [0.25, 0.3) is 0 Å². The van der Waals surface area contributed by atoms with E-state index in [9.17, 15) is 22.4 Å². The molecule has 2 atom stereocenters. The van der Waals surface area contributed by atoms with Crippen LogP contribution in [0.2, 0.25) is 0 Å². The van der Waals surface area contributed by atoms with Crippen molar-refractivity contribution in [3.8, 4) is 0 Å². The van der Waals surface area contributed by atoms with E-state index < -0.39 is 27.4 Å². The summed E-state index contributed by atoms with van der Waals surface area (Å²) in [5, 5.41) is 2.86. The van der Waals surface area contributed by atoms with Gasteiger partial charge >= 0.3 is 6.09 Å². The highest BCUT2D eigenvalue weighted by molar-refractivity contribution is 8.15. The zero-order chi connectivity index (χ0) is 23.5. The number of sulfone groups is 1. The molecule has 0 aliphatic carbocycles. The van der Waals surface area contributed by atoms with Crippen LogP contribution in [0.3, 0.4) is 0 Å². The number of halogens is 1. The topological polar surface area (TPSA) is 105 Å². The van der Waals surface area contributed by atoms with Gasteiger partial charge in [0.1, 0.15) is 11.4 Å². The van der Waals surface area contributed by atoms with Crippen LogP contribution in [0.1, 0.15) is 32.8 Å². The number of thioether (sulfide) groups is 1. The summed E-state index contributed by atoms with van der Waals surface area (Å²) in [5.74, 6) is -0.636. The van der Waals surface area contributed by atoms with Crippen LogP contribution >= 0.6 is 11.8 Å². The molecule has 176 valence electrons. The number of benzene rings is 1. The second kappa shape index (κ2) is 9.78. The van der Waals surface area contributed by atoms with E-state index in [1.54, 1.807) is 32.9 Å². The molecule has 11 heteroatoms. The molecule has 2 fully saturated rings. The number of nitrogens with zero attached hydrogens (tertiary/aromatic N) is 2. The summed E-state index contributed by atoms with van der Waals surface area (Å²) in [6, 6.07) is 5.90. The fourth-order valence-electron chi connectivity index (χ4n) is 3.55. The third-order valence-corrected chi connectivity index (χ3v) is 8.20. The summed E-state index contributed by atoms with van der Waals surface area (Å²) in [5.41, 5.74) is 0.283. The van der Waals surface area contributed by atoms with E-state index in [0.717, 1.165) is 5.56 Å². The van der Waals surface area contributed by atoms with Crippen molar-refractivity contribution in [3.05, 3.63) is 35.6 Å². The first-order valence-corrected chi connectivity index (χ1v) is 13.1. The van der Waals surface area contributed by atoms with E-state index in [-0.39, 0.29) is 41.6 Å². The number of nitrogens with one attached hydrogen (secondary N) is 1. The standard InChI is InChI=1S/C21H28FN3O5S2/c1-21(2,3)30-20(27)23-10-8-18(26)24-19-25(11-9-14-4-6-15(22)7-5-14)16-12-32(28,29)13-17(16)31-19/h4-7,16-17H,8-13H2,1-3H3,(H,23,27). The van der Waals surface area contributed by atoms with Gasteiger partial charge in [0.25, 0.3) is 0 Å². The number of alkyl carbamates (subject to hydrolysis) is 1.